The first-order valence-electron chi connectivity index (χ1n) is 5.47. The zero-order valence-corrected chi connectivity index (χ0v) is 8.49. The molecule has 3 aliphatic rings. The van der Waals surface area contributed by atoms with Crippen LogP contribution in [0.15, 0.2) is 0 Å². The molecular formula is C12H10F4. The van der Waals surface area contributed by atoms with Crippen molar-refractivity contribution in [2.75, 3.05) is 0 Å². The highest BCUT2D eigenvalue weighted by Crippen LogP contribution is 2.51. The molecule has 1 aromatic carbocycles. The molecule has 3 aliphatic carbocycles. The summed E-state index contributed by atoms with van der Waals surface area (Å²) in [5.41, 5.74) is 0.192. The Balaban J connectivity index is 2.34. The first-order chi connectivity index (χ1) is 7.61. The highest BCUT2D eigenvalue weighted by atomic mass is 19.2. The van der Waals surface area contributed by atoms with E-state index in [-0.39, 0.29) is 23.0 Å². The van der Waals surface area contributed by atoms with E-state index in [1.54, 1.807) is 0 Å². The molecular weight excluding hydrogens is 220 g/mol. The van der Waals surface area contributed by atoms with Crippen LogP contribution in [0.5, 0.6) is 0 Å². The maximum absolute atomic E-state index is 13.6. The van der Waals surface area contributed by atoms with Crippen LogP contribution in [0.2, 0.25) is 0 Å². The number of hydrogen-bond acceptors (Lipinski definition) is 0. The highest BCUT2D eigenvalue weighted by molar-refractivity contribution is 5.41. The molecule has 2 bridgehead atoms. The summed E-state index contributed by atoms with van der Waals surface area (Å²) in [7, 11) is 0. The number of fused-ring (bicyclic) bond motifs is 2. The van der Waals surface area contributed by atoms with Crippen LogP contribution in [0.3, 0.4) is 0 Å². The zero-order chi connectivity index (χ0) is 11.4. The van der Waals surface area contributed by atoms with Crippen LogP contribution >= 0.6 is 0 Å². The molecule has 4 heteroatoms. The van der Waals surface area contributed by atoms with Gasteiger partial charge in [0.2, 0.25) is 0 Å². The summed E-state index contributed by atoms with van der Waals surface area (Å²) < 4.78 is 53.4. The fourth-order valence-electron chi connectivity index (χ4n) is 3.13. The Morgan fingerprint density at radius 2 is 0.875 bits per heavy atom. The molecule has 1 aromatic rings. The SMILES string of the molecule is Fc1c(F)c(F)c2c(c1F)C1CCC2CC1. The van der Waals surface area contributed by atoms with Crippen molar-refractivity contribution in [1.29, 1.82) is 0 Å². The standard InChI is InChI=1S/C12H10F4/c13-9-7-5-1-2-6(4-3-5)8(7)10(14)12(16)11(9)15/h5-6H,1-4H2. The maximum atomic E-state index is 13.6. The van der Waals surface area contributed by atoms with Gasteiger partial charge in [-0.3, -0.25) is 0 Å². The molecule has 0 amide bonds. The molecule has 0 saturated heterocycles. The van der Waals surface area contributed by atoms with Crippen molar-refractivity contribution in [2.45, 2.75) is 37.5 Å². The van der Waals surface area contributed by atoms with Gasteiger partial charge in [0.15, 0.2) is 23.3 Å². The van der Waals surface area contributed by atoms with E-state index in [1.165, 1.54) is 0 Å². The first kappa shape index (κ1) is 10.1. The largest absolute Gasteiger partial charge is 0.203 e. The first-order valence-corrected chi connectivity index (χ1v) is 5.47. The Bertz CT molecular complexity index is 416. The summed E-state index contributed by atoms with van der Waals surface area (Å²) in [6.07, 6.45) is 3.00. The Hall–Kier alpha value is -1.06. The predicted octanol–water partition coefficient (Wildman–Crippen LogP) is 4.00. The Labute approximate surface area is 90.3 Å². The van der Waals surface area contributed by atoms with Crippen molar-refractivity contribution in [3.05, 3.63) is 34.4 Å². The number of rotatable bonds is 0. The topological polar surface area (TPSA) is 0 Å². The number of benzene rings is 1. The van der Waals surface area contributed by atoms with Crippen molar-refractivity contribution in [1.82, 2.24) is 0 Å². The fourth-order valence-corrected chi connectivity index (χ4v) is 3.13. The van der Waals surface area contributed by atoms with E-state index in [2.05, 4.69) is 0 Å². The van der Waals surface area contributed by atoms with E-state index in [0.717, 1.165) is 25.7 Å². The molecule has 0 spiro atoms. The van der Waals surface area contributed by atoms with Crippen LogP contribution in [0.1, 0.15) is 48.6 Å². The molecule has 1 saturated carbocycles. The minimum absolute atomic E-state index is 0.0962. The molecule has 4 rings (SSSR count). The van der Waals surface area contributed by atoms with Gasteiger partial charge in [-0.1, -0.05) is 0 Å². The van der Waals surface area contributed by atoms with E-state index in [9.17, 15) is 17.6 Å². The molecule has 0 radical (unpaired) electrons. The van der Waals surface area contributed by atoms with Crippen LogP contribution in [-0.2, 0) is 0 Å². The number of halogens is 4. The van der Waals surface area contributed by atoms with Gasteiger partial charge in [-0.2, -0.15) is 0 Å². The van der Waals surface area contributed by atoms with E-state index in [4.69, 9.17) is 0 Å². The monoisotopic (exact) mass is 230 g/mol. The summed E-state index contributed by atoms with van der Waals surface area (Å²) >= 11 is 0. The molecule has 0 atom stereocenters. The van der Waals surface area contributed by atoms with Crippen LogP contribution in [-0.4, -0.2) is 0 Å². The lowest BCUT2D eigenvalue weighted by Gasteiger charge is -2.38. The summed E-state index contributed by atoms with van der Waals surface area (Å²) in [6, 6.07) is 0. The zero-order valence-electron chi connectivity index (χ0n) is 8.49. The van der Waals surface area contributed by atoms with Crippen LogP contribution in [0.25, 0.3) is 0 Å². The van der Waals surface area contributed by atoms with E-state index in [0.29, 0.717) is 0 Å². The minimum atomic E-state index is -1.66. The van der Waals surface area contributed by atoms with Gasteiger partial charge >= 0.3 is 0 Å². The Kier molecular flexibility index (Phi) is 2.03. The molecule has 0 N–H and O–H groups in total. The maximum Gasteiger partial charge on any atom is 0.197 e. The lowest BCUT2D eigenvalue weighted by atomic mass is 9.66. The van der Waals surface area contributed by atoms with Gasteiger partial charge in [-0.25, -0.2) is 17.6 Å². The fraction of sp³-hybridized carbons (Fsp3) is 0.500. The van der Waals surface area contributed by atoms with E-state index >= 15 is 0 Å². The average Bonchev–Trinajstić information content (AvgIpc) is 2.34. The molecule has 86 valence electrons. The van der Waals surface area contributed by atoms with Gasteiger partial charge in [-0.15, -0.1) is 0 Å². The third-order valence-electron chi connectivity index (χ3n) is 3.88. The lowest BCUT2D eigenvalue weighted by molar-refractivity contribution is 0.310. The summed E-state index contributed by atoms with van der Waals surface area (Å²) in [5.74, 6) is -5.95. The highest BCUT2D eigenvalue weighted by Gasteiger charge is 2.40. The van der Waals surface area contributed by atoms with Crippen LogP contribution in [0.4, 0.5) is 17.6 Å². The van der Waals surface area contributed by atoms with Crippen molar-refractivity contribution in [3.63, 3.8) is 0 Å². The van der Waals surface area contributed by atoms with Crippen molar-refractivity contribution in [2.24, 2.45) is 0 Å². The normalized spacial score (nSPS) is 27.0. The van der Waals surface area contributed by atoms with E-state index in [1.807, 2.05) is 0 Å². The molecule has 16 heavy (non-hydrogen) atoms. The predicted molar refractivity (Wildman–Crippen MR) is 50.2 cm³/mol. The second-order valence-corrected chi connectivity index (χ2v) is 4.63. The van der Waals surface area contributed by atoms with Crippen LogP contribution < -0.4 is 0 Å². The van der Waals surface area contributed by atoms with E-state index < -0.39 is 23.3 Å². The molecule has 1 fully saturated rings. The molecule has 0 nitrogen and oxygen atoms in total. The van der Waals surface area contributed by atoms with Gasteiger partial charge in [0.1, 0.15) is 0 Å². The molecule has 0 heterocycles. The molecule has 0 aliphatic heterocycles. The minimum Gasteiger partial charge on any atom is -0.203 e. The number of hydrogen-bond donors (Lipinski definition) is 0. The third kappa shape index (κ3) is 1.10. The summed E-state index contributed by atoms with van der Waals surface area (Å²) in [5, 5.41) is 0. The summed E-state index contributed by atoms with van der Waals surface area (Å²) in [4.78, 5) is 0. The van der Waals surface area contributed by atoms with Crippen molar-refractivity contribution in [3.8, 4) is 0 Å². The molecule has 0 aromatic heterocycles. The van der Waals surface area contributed by atoms with Gasteiger partial charge in [0.25, 0.3) is 0 Å². The van der Waals surface area contributed by atoms with Gasteiger partial charge in [0, 0.05) is 11.1 Å². The Morgan fingerprint density at radius 3 is 1.19 bits per heavy atom. The van der Waals surface area contributed by atoms with Gasteiger partial charge in [-0.05, 0) is 37.5 Å². The molecule has 0 unspecified atom stereocenters. The Morgan fingerprint density at radius 1 is 0.562 bits per heavy atom. The van der Waals surface area contributed by atoms with Crippen molar-refractivity contribution >= 4 is 0 Å². The van der Waals surface area contributed by atoms with Crippen LogP contribution in [0, 0.1) is 23.3 Å². The smallest absolute Gasteiger partial charge is 0.197 e. The third-order valence-corrected chi connectivity index (χ3v) is 3.88. The second-order valence-electron chi connectivity index (χ2n) is 4.63. The lowest BCUT2D eigenvalue weighted by Crippen LogP contribution is -2.26. The quantitative estimate of drug-likeness (QED) is 0.359. The second kappa shape index (κ2) is 3.22. The average molecular weight is 230 g/mol. The van der Waals surface area contributed by atoms with Crippen molar-refractivity contribution < 1.29 is 17.6 Å². The van der Waals surface area contributed by atoms with Gasteiger partial charge in [0.05, 0.1) is 0 Å². The van der Waals surface area contributed by atoms with Gasteiger partial charge < -0.3 is 0 Å². The summed E-state index contributed by atoms with van der Waals surface area (Å²) in [6.45, 7) is 0.